The molecular weight excluding hydrogens is 320 g/mol. The number of aliphatic imine (C=N–C) groups is 1. The van der Waals surface area contributed by atoms with Gasteiger partial charge >= 0.3 is 0 Å². The van der Waals surface area contributed by atoms with Crippen LogP contribution in [0.2, 0.25) is 0 Å². The molecular formula is C18H26N4OS. The lowest BCUT2D eigenvalue weighted by Gasteiger charge is -2.21. The molecule has 0 amide bonds. The van der Waals surface area contributed by atoms with E-state index in [1.807, 2.05) is 40.0 Å². The average molecular weight is 347 g/mol. The molecule has 0 aliphatic rings. The lowest BCUT2D eigenvalue weighted by atomic mass is 10.2. The maximum atomic E-state index is 5.66. The number of aromatic nitrogens is 1. The van der Waals surface area contributed by atoms with Crippen LogP contribution in [-0.4, -0.2) is 36.0 Å². The number of benzene rings is 1. The molecule has 24 heavy (non-hydrogen) atoms. The van der Waals surface area contributed by atoms with E-state index in [0.29, 0.717) is 0 Å². The maximum Gasteiger partial charge on any atom is 0.194 e. The van der Waals surface area contributed by atoms with Crippen LogP contribution in [0, 0.1) is 6.92 Å². The van der Waals surface area contributed by atoms with Gasteiger partial charge in [0.2, 0.25) is 0 Å². The Hall–Kier alpha value is -2.08. The van der Waals surface area contributed by atoms with Gasteiger partial charge in [-0.2, -0.15) is 0 Å². The summed E-state index contributed by atoms with van der Waals surface area (Å²) in [6, 6.07) is 8.15. The summed E-state index contributed by atoms with van der Waals surface area (Å²) < 4.78 is 5.66. The lowest BCUT2D eigenvalue weighted by molar-refractivity contribution is 0.242. The molecule has 0 aliphatic carbocycles. The van der Waals surface area contributed by atoms with Crippen molar-refractivity contribution in [1.29, 1.82) is 0 Å². The Morgan fingerprint density at radius 3 is 2.58 bits per heavy atom. The van der Waals surface area contributed by atoms with E-state index in [9.17, 15) is 0 Å². The number of nitrogens with zero attached hydrogens (tertiary/aromatic N) is 3. The van der Waals surface area contributed by atoms with Gasteiger partial charge in [-0.3, -0.25) is 4.99 Å². The summed E-state index contributed by atoms with van der Waals surface area (Å²) in [4.78, 5) is 10.9. The zero-order chi connectivity index (χ0) is 17.5. The smallest absolute Gasteiger partial charge is 0.194 e. The van der Waals surface area contributed by atoms with Gasteiger partial charge < -0.3 is 15.0 Å². The third kappa shape index (κ3) is 5.53. The highest BCUT2D eigenvalue weighted by Crippen LogP contribution is 2.14. The van der Waals surface area contributed by atoms with Crippen LogP contribution in [0.25, 0.3) is 0 Å². The molecule has 0 saturated heterocycles. The van der Waals surface area contributed by atoms with Crippen molar-refractivity contribution in [3.63, 3.8) is 0 Å². The number of thiazole rings is 1. The zero-order valence-electron chi connectivity index (χ0n) is 15.0. The summed E-state index contributed by atoms with van der Waals surface area (Å²) >= 11 is 1.67. The van der Waals surface area contributed by atoms with Gasteiger partial charge in [0.25, 0.3) is 0 Å². The number of rotatable bonds is 6. The molecule has 0 radical (unpaired) electrons. The first-order valence-corrected chi connectivity index (χ1v) is 8.94. The minimum Gasteiger partial charge on any atom is -0.491 e. The second-order valence-corrected chi connectivity index (χ2v) is 6.99. The van der Waals surface area contributed by atoms with E-state index in [2.05, 4.69) is 37.7 Å². The highest BCUT2D eigenvalue weighted by atomic mass is 32.1. The first-order chi connectivity index (χ1) is 11.5. The van der Waals surface area contributed by atoms with Crippen LogP contribution in [-0.2, 0) is 13.1 Å². The molecule has 2 aromatic rings. The van der Waals surface area contributed by atoms with Crippen molar-refractivity contribution in [3.05, 3.63) is 45.9 Å². The topological polar surface area (TPSA) is 49.8 Å². The number of guanidine groups is 1. The molecule has 0 spiro atoms. The molecule has 1 N–H and O–H groups in total. The third-order valence-electron chi connectivity index (χ3n) is 3.38. The molecule has 0 atom stereocenters. The molecule has 0 unspecified atom stereocenters. The van der Waals surface area contributed by atoms with Crippen LogP contribution in [0.4, 0.5) is 0 Å². The third-order valence-corrected chi connectivity index (χ3v) is 4.21. The van der Waals surface area contributed by atoms with E-state index in [1.165, 1.54) is 5.56 Å². The van der Waals surface area contributed by atoms with Gasteiger partial charge in [0.15, 0.2) is 5.96 Å². The Labute approximate surface area is 148 Å². The van der Waals surface area contributed by atoms with Crippen molar-refractivity contribution >= 4 is 17.3 Å². The predicted molar refractivity (Wildman–Crippen MR) is 101 cm³/mol. The molecule has 2 rings (SSSR count). The summed E-state index contributed by atoms with van der Waals surface area (Å²) in [6.07, 6.45) is 0.191. The lowest BCUT2D eigenvalue weighted by Crippen LogP contribution is -2.38. The molecule has 6 heteroatoms. The highest BCUT2D eigenvalue weighted by Gasteiger charge is 2.08. The van der Waals surface area contributed by atoms with E-state index in [1.54, 1.807) is 18.4 Å². The minimum absolute atomic E-state index is 0.191. The quantitative estimate of drug-likeness (QED) is 0.643. The van der Waals surface area contributed by atoms with E-state index in [-0.39, 0.29) is 6.10 Å². The number of aryl methyl sites for hydroxylation is 1. The average Bonchev–Trinajstić information content (AvgIpc) is 2.94. The fraction of sp³-hybridized carbons (Fsp3) is 0.444. The van der Waals surface area contributed by atoms with Gasteiger partial charge in [0.1, 0.15) is 5.75 Å². The molecule has 130 valence electrons. The second kappa shape index (κ2) is 8.68. The Balaban J connectivity index is 1.88. The van der Waals surface area contributed by atoms with Crippen LogP contribution in [0.15, 0.2) is 34.6 Å². The van der Waals surface area contributed by atoms with Crippen molar-refractivity contribution in [3.8, 4) is 5.75 Å². The summed E-state index contributed by atoms with van der Waals surface area (Å²) in [7, 11) is 3.81. The van der Waals surface area contributed by atoms with Crippen molar-refractivity contribution in [2.75, 3.05) is 14.1 Å². The van der Waals surface area contributed by atoms with Crippen LogP contribution < -0.4 is 10.1 Å². The Kier molecular flexibility index (Phi) is 6.61. The summed E-state index contributed by atoms with van der Waals surface area (Å²) in [6.45, 7) is 7.53. The van der Waals surface area contributed by atoms with Gasteiger partial charge in [-0.05, 0) is 38.5 Å². The zero-order valence-corrected chi connectivity index (χ0v) is 15.9. The van der Waals surface area contributed by atoms with Gasteiger partial charge in [-0.1, -0.05) is 12.1 Å². The SMILES string of the molecule is CN=C(NCc1ccc(OC(C)C)cc1)N(C)Cc1csc(C)n1. The van der Waals surface area contributed by atoms with Crippen LogP contribution >= 0.6 is 11.3 Å². The van der Waals surface area contributed by atoms with Crippen molar-refractivity contribution in [2.24, 2.45) is 4.99 Å². The fourth-order valence-electron chi connectivity index (χ4n) is 2.32. The van der Waals surface area contributed by atoms with E-state index in [4.69, 9.17) is 4.74 Å². The van der Waals surface area contributed by atoms with E-state index < -0.39 is 0 Å². The Morgan fingerprint density at radius 2 is 2.04 bits per heavy atom. The van der Waals surface area contributed by atoms with Gasteiger partial charge in [0, 0.05) is 26.0 Å². The van der Waals surface area contributed by atoms with Crippen molar-refractivity contribution in [1.82, 2.24) is 15.2 Å². The first-order valence-electron chi connectivity index (χ1n) is 8.06. The summed E-state index contributed by atoms with van der Waals surface area (Å²) in [5, 5.41) is 6.56. The number of nitrogens with one attached hydrogen (secondary N) is 1. The highest BCUT2D eigenvalue weighted by molar-refractivity contribution is 7.09. The normalized spacial score (nSPS) is 11.7. The van der Waals surface area contributed by atoms with Crippen LogP contribution in [0.1, 0.15) is 30.1 Å². The van der Waals surface area contributed by atoms with Crippen molar-refractivity contribution < 1.29 is 4.74 Å². The molecule has 0 aliphatic heterocycles. The van der Waals surface area contributed by atoms with Gasteiger partial charge in [0.05, 0.1) is 23.4 Å². The molecule has 1 heterocycles. The Bertz CT molecular complexity index is 664. The monoisotopic (exact) mass is 346 g/mol. The molecule has 0 bridgehead atoms. The fourth-order valence-corrected chi connectivity index (χ4v) is 2.93. The predicted octanol–water partition coefficient (Wildman–Crippen LogP) is 3.45. The first kappa shape index (κ1) is 18.3. The van der Waals surface area contributed by atoms with E-state index in [0.717, 1.165) is 35.5 Å². The molecule has 1 aromatic carbocycles. The number of hydrogen-bond donors (Lipinski definition) is 1. The van der Waals surface area contributed by atoms with Crippen LogP contribution in [0.3, 0.4) is 0 Å². The van der Waals surface area contributed by atoms with Gasteiger partial charge in [-0.15, -0.1) is 11.3 Å². The summed E-state index contributed by atoms with van der Waals surface area (Å²) in [5.41, 5.74) is 2.25. The number of ether oxygens (including phenoxy) is 1. The molecule has 0 saturated carbocycles. The van der Waals surface area contributed by atoms with Crippen molar-refractivity contribution in [2.45, 2.75) is 40.0 Å². The second-order valence-electron chi connectivity index (χ2n) is 5.93. The molecule has 0 fully saturated rings. The van der Waals surface area contributed by atoms with Gasteiger partial charge in [-0.25, -0.2) is 4.98 Å². The van der Waals surface area contributed by atoms with Crippen LogP contribution in [0.5, 0.6) is 5.75 Å². The van der Waals surface area contributed by atoms with E-state index >= 15 is 0 Å². The number of hydrogen-bond acceptors (Lipinski definition) is 4. The minimum atomic E-state index is 0.191. The molecule has 1 aromatic heterocycles. The summed E-state index contributed by atoms with van der Waals surface area (Å²) in [5.74, 6) is 1.75. The standard InChI is InChI=1S/C18H26N4OS/c1-13(2)23-17-8-6-15(7-9-17)10-20-18(19-4)22(5)11-16-12-24-14(3)21-16/h6-9,12-13H,10-11H2,1-5H3,(H,19,20). The maximum absolute atomic E-state index is 5.66. The Morgan fingerprint density at radius 1 is 1.33 bits per heavy atom. The largest absolute Gasteiger partial charge is 0.491 e. The molecule has 5 nitrogen and oxygen atoms in total.